The Morgan fingerprint density at radius 2 is 1.55 bits per heavy atom. The second-order valence-corrected chi connectivity index (χ2v) is 2.66. The summed E-state index contributed by atoms with van der Waals surface area (Å²) in [5.41, 5.74) is 3.03. The first-order chi connectivity index (χ1) is 5.29. The molecule has 0 aliphatic carbocycles. The molecule has 0 rings (SSSR count). The largest absolute Gasteiger partial charge is 0.0842 e. The molecule has 0 atom stereocenters. The van der Waals surface area contributed by atoms with Crippen LogP contribution in [0.2, 0.25) is 0 Å². The van der Waals surface area contributed by atoms with Crippen molar-refractivity contribution < 1.29 is 0 Å². The molecule has 0 saturated carbocycles. The first-order valence-corrected chi connectivity index (χ1v) is 4.64. The van der Waals surface area contributed by atoms with E-state index in [4.69, 9.17) is 0 Å². The minimum Gasteiger partial charge on any atom is -0.0842 e. The molecule has 0 aliphatic rings. The summed E-state index contributed by atoms with van der Waals surface area (Å²) in [5, 5.41) is 0. The van der Waals surface area contributed by atoms with E-state index in [1.807, 2.05) is 0 Å². The smallest absolute Gasteiger partial charge is 0.0308 e. The molecular weight excluding hydrogens is 132 g/mol. The van der Waals surface area contributed by atoms with Crippen LogP contribution in [0, 0.1) is 0 Å². The fourth-order valence-corrected chi connectivity index (χ4v) is 1.37. The van der Waals surface area contributed by atoms with Crippen molar-refractivity contribution >= 4 is 0 Å². The minimum absolute atomic E-state index is 1.15. The quantitative estimate of drug-likeness (QED) is 0.532. The lowest BCUT2D eigenvalue weighted by Crippen LogP contribution is -1.86. The molecule has 0 amide bonds. The molecule has 0 N–H and O–H groups in total. The maximum Gasteiger partial charge on any atom is -0.0308 e. The van der Waals surface area contributed by atoms with E-state index in [9.17, 15) is 0 Å². The number of hydrogen-bond acceptors (Lipinski definition) is 0. The van der Waals surface area contributed by atoms with E-state index in [2.05, 4.69) is 39.8 Å². The van der Waals surface area contributed by atoms with Crippen LogP contribution in [0.1, 0.15) is 47.0 Å². The normalized spacial score (nSPS) is 13.8. The Morgan fingerprint density at radius 3 is 1.82 bits per heavy atom. The van der Waals surface area contributed by atoms with Gasteiger partial charge in [-0.15, -0.1) is 0 Å². The molecule has 0 unspecified atom stereocenters. The van der Waals surface area contributed by atoms with Gasteiger partial charge in [0.05, 0.1) is 0 Å². The van der Waals surface area contributed by atoms with Gasteiger partial charge in [0.1, 0.15) is 0 Å². The van der Waals surface area contributed by atoms with Crippen molar-refractivity contribution in [2.24, 2.45) is 0 Å². The molecule has 0 aliphatic heterocycles. The predicted octanol–water partition coefficient (Wildman–Crippen LogP) is 4.09. The van der Waals surface area contributed by atoms with Crippen LogP contribution in [0.5, 0.6) is 0 Å². The second kappa shape index (κ2) is 6.21. The zero-order valence-electron chi connectivity index (χ0n) is 8.28. The van der Waals surface area contributed by atoms with E-state index in [1.54, 1.807) is 0 Å². The van der Waals surface area contributed by atoms with Gasteiger partial charge in [0.15, 0.2) is 0 Å². The molecule has 0 saturated heterocycles. The molecule has 0 spiro atoms. The highest BCUT2D eigenvalue weighted by molar-refractivity contribution is 5.29. The highest BCUT2D eigenvalue weighted by Crippen LogP contribution is 2.17. The maximum absolute atomic E-state index is 2.33. The first-order valence-electron chi connectivity index (χ1n) is 4.64. The molecule has 0 nitrogen and oxygen atoms in total. The highest BCUT2D eigenvalue weighted by Gasteiger charge is 1.97. The Labute approximate surface area is 71.0 Å². The molecule has 0 aromatic rings. The number of hydrogen-bond donors (Lipinski definition) is 0. The van der Waals surface area contributed by atoms with Gasteiger partial charge in [-0.25, -0.2) is 0 Å². The van der Waals surface area contributed by atoms with Crippen LogP contribution in [0.3, 0.4) is 0 Å². The van der Waals surface area contributed by atoms with Crippen molar-refractivity contribution in [3.05, 3.63) is 23.3 Å². The SMILES string of the molecule is C/C=C(CC)\C(=C/CC)CC. The van der Waals surface area contributed by atoms with Crippen molar-refractivity contribution in [3.63, 3.8) is 0 Å². The van der Waals surface area contributed by atoms with E-state index in [-0.39, 0.29) is 0 Å². The molecular formula is C11H20. The molecule has 64 valence electrons. The third-order valence-corrected chi connectivity index (χ3v) is 1.97. The van der Waals surface area contributed by atoms with E-state index in [0.29, 0.717) is 0 Å². The standard InChI is InChI=1S/C11H20/c1-5-9-11(8-4)10(6-2)7-3/h6,9H,5,7-8H2,1-4H3/b10-6-,11-9-. The van der Waals surface area contributed by atoms with E-state index < -0.39 is 0 Å². The van der Waals surface area contributed by atoms with Gasteiger partial charge in [0, 0.05) is 0 Å². The lowest BCUT2D eigenvalue weighted by Gasteiger charge is -2.06. The summed E-state index contributed by atoms with van der Waals surface area (Å²) in [6.45, 7) is 8.76. The van der Waals surface area contributed by atoms with E-state index >= 15 is 0 Å². The van der Waals surface area contributed by atoms with Gasteiger partial charge in [0.2, 0.25) is 0 Å². The summed E-state index contributed by atoms with van der Waals surface area (Å²) >= 11 is 0. The third-order valence-electron chi connectivity index (χ3n) is 1.97. The van der Waals surface area contributed by atoms with E-state index in [1.165, 1.54) is 17.6 Å². The molecule has 0 aromatic heterocycles. The molecule has 11 heavy (non-hydrogen) atoms. The van der Waals surface area contributed by atoms with Gasteiger partial charge in [-0.1, -0.05) is 32.9 Å². The van der Waals surface area contributed by atoms with E-state index in [0.717, 1.165) is 12.8 Å². The molecule has 0 radical (unpaired) electrons. The third kappa shape index (κ3) is 3.41. The van der Waals surface area contributed by atoms with Crippen LogP contribution in [0.4, 0.5) is 0 Å². The fraction of sp³-hybridized carbons (Fsp3) is 0.636. The van der Waals surface area contributed by atoms with Crippen molar-refractivity contribution in [2.75, 3.05) is 0 Å². The Hall–Kier alpha value is -0.520. The van der Waals surface area contributed by atoms with Crippen LogP contribution in [0.25, 0.3) is 0 Å². The van der Waals surface area contributed by atoms with Crippen LogP contribution >= 0.6 is 0 Å². The minimum atomic E-state index is 1.15. The topological polar surface area (TPSA) is 0 Å². The molecule has 0 aromatic carbocycles. The molecule has 0 heteroatoms. The lowest BCUT2D eigenvalue weighted by molar-refractivity contribution is 0.999. The Morgan fingerprint density at radius 1 is 1.00 bits per heavy atom. The van der Waals surface area contributed by atoms with Gasteiger partial charge in [0.25, 0.3) is 0 Å². The number of rotatable bonds is 4. The second-order valence-electron chi connectivity index (χ2n) is 2.66. The average molecular weight is 152 g/mol. The predicted molar refractivity (Wildman–Crippen MR) is 52.7 cm³/mol. The van der Waals surface area contributed by atoms with Crippen LogP contribution in [0.15, 0.2) is 23.3 Å². The van der Waals surface area contributed by atoms with Gasteiger partial charge in [-0.05, 0) is 37.3 Å². The maximum atomic E-state index is 2.33. The Bertz CT molecular complexity index is 149. The Balaban J connectivity index is 4.35. The van der Waals surface area contributed by atoms with Crippen LogP contribution in [-0.2, 0) is 0 Å². The molecule has 0 fully saturated rings. The summed E-state index contributed by atoms with van der Waals surface area (Å²) in [6.07, 6.45) is 8.04. The van der Waals surface area contributed by atoms with Crippen molar-refractivity contribution in [1.82, 2.24) is 0 Å². The summed E-state index contributed by atoms with van der Waals surface area (Å²) < 4.78 is 0. The molecule has 0 bridgehead atoms. The summed E-state index contributed by atoms with van der Waals surface area (Å²) in [5.74, 6) is 0. The van der Waals surface area contributed by atoms with Gasteiger partial charge < -0.3 is 0 Å². The Kier molecular flexibility index (Phi) is 5.91. The summed E-state index contributed by atoms with van der Waals surface area (Å²) in [4.78, 5) is 0. The number of allylic oxidation sites excluding steroid dienone is 4. The zero-order chi connectivity index (χ0) is 8.69. The summed E-state index contributed by atoms with van der Waals surface area (Å²) in [7, 11) is 0. The van der Waals surface area contributed by atoms with Crippen LogP contribution in [-0.4, -0.2) is 0 Å². The highest BCUT2D eigenvalue weighted by atomic mass is 14.0. The van der Waals surface area contributed by atoms with Crippen LogP contribution < -0.4 is 0 Å². The van der Waals surface area contributed by atoms with Crippen molar-refractivity contribution in [1.29, 1.82) is 0 Å². The summed E-state index contributed by atoms with van der Waals surface area (Å²) in [6, 6.07) is 0. The lowest BCUT2D eigenvalue weighted by atomic mass is 10.0. The van der Waals surface area contributed by atoms with Gasteiger partial charge in [-0.2, -0.15) is 0 Å². The first kappa shape index (κ1) is 10.5. The van der Waals surface area contributed by atoms with Gasteiger partial charge in [-0.3, -0.25) is 0 Å². The molecule has 0 heterocycles. The van der Waals surface area contributed by atoms with Gasteiger partial charge >= 0.3 is 0 Å². The van der Waals surface area contributed by atoms with Crippen molar-refractivity contribution in [2.45, 2.75) is 47.0 Å². The zero-order valence-corrected chi connectivity index (χ0v) is 8.28. The monoisotopic (exact) mass is 152 g/mol. The van der Waals surface area contributed by atoms with Crippen molar-refractivity contribution in [3.8, 4) is 0 Å². The average Bonchev–Trinajstić information content (AvgIpc) is 2.05. The fourth-order valence-electron chi connectivity index (χ4n) is 1.37.